The van der Waals surface area contributed by atoms with Crippen LogP contribution in [0.15, 0.2) is 0 Å². The van der Waals surface area contributed by atoms with Gasteiger partial charge >= 0.3 is 0 Å². The molecule has 0 saturated carbocycles. The molecule has 0 saturated heterocycles. The van der Waals surface area contributed by atoms with Crippen molar-refractivity contribution >= 4 is 18.1 Å². The molecule has 0 heterocycles. The van der Waals surface area contributed by atoms with Gasteiger partial charge in [0.1, 0.15) is 0 Å². The van der Waals surface area contributed by atoms with Gasteiger partial charge in [-0.3, -0.25) is 0 Å². The van der Waals surface area contributed by atoms with E-state index in [0.29, 0.717) is 13.2 Å². The van der Waals surface area contributed by atoms with Gasteiger partial charge in [0.15, 0.2) is 18.1 Å². The Morgan fingerprint density at radius 1 is 0.706 bits per heavy atom. The minimum absolute atomic E-state index is 0.102. The molecular weight excluding hydrogens is 258 g/mol. The molecule has 2 unspecified atom stereocenters. The summed E-state index contributed by atoms with van der Waals surface area (Å²) in [5, 5.41) is 0. The quantitative estimate of drug-likeness (QED) is 0.497. The summed E-state index contributed by atoms with van der Waals surface area (Å²) in [6, 6.07) is 0. The normalized spacial score (nSPS) is 14.5. The molecule has 0 N–H and O–H groups in total. The first-order chi connectivity index (χ1) is 7.71. The molecule has 0 aromatic carbocycles. The van der Waals surface area contributed by atoms with Crippen LogP contribution in [0.2, 0.25) is 0 Å². The second kappa shape index (κ2) is 8.74. The van der Waals surface area contributed by atoms with Crippen molar-refractivity contribution in [2.45, 2.75) is 59.2 Å². The smallest absolute Gasteiger partial charge is 0.155 e. The van der Waals surface area contributed by atoms with E-state index < -0.39 is 0 Å². The van der Waals surface area contributed by atoms with Crippen molar-refractivity contribution < 1.29 is 18.1 Å². The summed E-state index contributed by atoms with van der Waals surface area (Å²) in [5.41, 5.74) is -0.256. The molecule has 0 aromatic heterocycles. The lowest BCUT2D eigenvalue weighted by molar-refractivity contribution is 0.120. The number of rotatable bonds is 8. The lowest BCUT2D eigenvalue weighted by Gasteiger charge is -2.19. The minimum atomic E-state index is -0.128. The Hall–Kier alpha value is 0.700. The Morgan fingerprint density at radius 3 is 1.35 bits per heavy atom. The first-order valence-corrected chi connectivity index (χ1v) is 7.44. The van der Waals surface area contributed by atoms with Crippen molar-refractivity contribution in [2.75, 3.05) is 13.2 Å². The molecule has 0 aliphatic heterocycles. The molecule has 0 aliphatic carbocycles. The van der Waals surface area contributed by atoms with Crippen LogP contribution in [0.25, 0.3) is 0 Å². The van der Waals surface area contributed by atoms with Gasteiger partial charge in [-0.05, 0) is 48.0 Å². The fourth-order valence-corrected chi connectivity index (χ4v) is 1.67. The van der Waals surface area contributed by atoms with Gasteiger partial charge in [-0.15, -0.1) is 0 Å². The summed E-state index contributed by atoms with van der Waals surface area (Å²) < 4.78 is 21.6. The van der Waals surface area contributed by atoms with Crippen molar-refractivity contribution in [1.29, 1.82) is 0 Å². The van der Waals surface area contributed by atoms with Crippen LogP contribution < -0.4 is 0 Å². The van der Waals surface area contributed by atoms with Gasteiger partial charge in [-0.2, -0.15) is 0 Å². The first-order valence-electron chi connectivity index (χ1n) is 5.80. The summed E-state index contributed by atoms with van der Waals surface area (Å²) in [6.07, 6.45) is 0.862. The van der Waals surface area contributed by atoms with Crippen LogP contribution in [0, 0.1) is 0 Å². The van der Waals surface area contributed by atoms with Crippen LogP contribution in [-0.2, 0) is 18.1 Å². The highest BCUT2D eigenvalue weighted by Gasteiger charge is 2.10. The van der Waals surface area contributed by atoms with Gasteiger partial charge in [0, 0.05) is 0 Å². The Balaban J connectivity index is 3.15. The molecular formula is C11H26O4P2. The SMILES string of the molecule is CC(C)(C)OPOCCCOPOC(C)(C)C. The molecule has 4 nitrogen and oxygen atoms in total. The average molecular weight is 284 g/mol. The molecule has 0 aromatic rings. The predicted octanol–water partition coefficient (Wildman–Crippen LogP) is 4.06. The molecule has 0 aliphatic rings. The zero-order valence-electron chi connectivity index (χ0n) is 11.8. The summed E-state index contributed by atoms with van der Waals surface area (Å²) in [7, 11) is 0.204. The molecule has 6 heteroatoms. The Kier molecular flexibility index (Phi) is 9.10. The maximum atomic E-state index is 5.44. The first kappa shape index (κ1) is 17.7. The highest BCUT2D eigenvalue weighted by atomic mass is 31.1. The molecule has 104 valence electrons. The van der Waals surface area contributed by atoms with Crippen LogP contribution in [0.4, 0.5) is 0 Å². The summed E-state index contributed by atoms with van der Waals surface area (Å²) >= 11 is 0. The van der Waals surface area contributed by atoms with Gasteiger partial charge in [0.2, 0.25) is 0 Å². The van der Waals surface area contributed by atoms with E-state index in [-0.39, 0.29) is 29.3 Å². The van der Waals surface area contributed by atoms with Crippen LogP contribution in [0.5, 0.6) is 0 Å². The standard InChI is InChI=1S/C11H26O4P2/c1-10(2,3)14-16-12-8-7-9-13-17-15-11(4,5)6/h16-17H,7-9H2,1-6H3. The Bertz CT molecular complexity index is 167. The van der Waals surface area contributed by atoms with Gasteiger partial charge < -0.3 is 18.1 Å². The highest BCUT2D eigenvalue weighted by Crippen LogP contribution is 2.25. The number of hydrogen-bond donors (Lipinski definition) is 0. The highest BCUT2D eigenvalue weighted by molar-refractivity contribution is 7.26. The lowest BCUT2D eigenvalue weighted by Crippen LogP contribution is -2.14. The third-order valence-corrected chi connectivity index (χ3v) is 3.34. The maximum Gasteiger partial charge on any atom is 0.155 e. The third kappa shape index (κ3) is 16.7. The van der Waals surface area contributed by atoms with Crippen molar-refractivity contribution in [3.63, 3.8) is 0 Å². The van der Waals surface area contributed by atoms with E-state index in [1.54, 1.807) is 0 Å². The van der Waals surface area contributed by atoms with Crippen molar-refractivity contribution in [3.8, 4) is 0 Å². The zero-order chi connectivity index (χ0) is 13.4. The second-order valence-corrected chi connectivity index (χ2v) is 6.96. The van der Waals surface area contributed by atoms with E-state index in [2.05, 4.69) is 0 Å². The van der Waals surface area contributed by atoms with Gasteiger partial charge in [-0.25, -0.2) is 0 Å². The number of hydrogen-bond acceptors (Lipinski definition) is 4. The van der Waals surface area contributed by atoms with E-state index in [1.165, 1.54) is 0 Å². The molecule has 0 rings (SSSR count). The van der Waals surface area contributed by atoms with Crippen LogP contribution in [0.1, 0.15) is 48.0 Å². The Morgan fingerprint density at radius 2 is 1.06 bits per heavy atom. The third-order valence-electron chi connectivity index (χ3n) is 1.31. The molecule has 0 fully saturated rings. The van der Waals surface area contributed by atoms with E-state index in [1.807, 2.05) is 41.5 Å². The lowest BCUT2D eigenvalue weighted by atomic mass is 10.2. The molecule has 0 amide bonds. The Labute approximate surface area is 109 Å². The van der Waals surface area contributed by atoms with Gasteiger partial charge in [-0.1, -0.05) is 0 Å². The fraction of sp³-hybridized carbons (Fsp3) is 1.00. The molecule has 0 spiro atoms. The monoisotopic (exact) mass is 284 g/mol. The van der Waals surface area contributed by atoms with E-state index >= 15 is 0 Å². The van der Waals surface area contributed by atoms with E-state index in [4.69, 9.17) is 18.1 Å². The topological polar surface area (TPSA) is 36.9 Å². The molecule has 0 bridgehead atoms. The van der Waals surface area contributed by atoms with Gasteiger partial charge in [0.25, 0.3) is 0 Å². The zero-order valence-corrected chi connectivity index (χ0v) is 13.8. The summed E-state index contributed by atoms with van der Waals surface area (Å²) in [5.74, 6) is 0. The van der Waals surface area contributed by atoms with Crippen molar-refractivity contribution in [1.82, 2.24) is 0 Å². The van der Waals surface area contributed by atoms with Crippen molar-refractivity contribution in [2.24, 2.45) is 0 Å². The van der Waals surface area contributed by atoms with Gasteiger partial charge in [0.05, 0.1) is 24.4 Å². The van der Waals surface area contributed by atoms with Crippen LogP contribution >= 0.6 is 18.1 Å². The van der Waals surface area contributed by atoms with Crippen molar-refractivity contribution in [3.05, 3.63) is 0 Å². The second-order valence-electron chi connectivity index (χ2n) is 5.65. The summed E-state index contributed by atoms with van der Waals surface area (Å²) in [6.45, 7) is 13.4. The fourth-order valence-electron chi connectivity index (χ4n) is 0.596. The molecule has 0 radical (unpaired) electrons. The summed E-state index contributed by atoms with van der Waals surface area (Å²) in [4.78, 5) is 0. The maximum absolute atomic E-state index is 5.44. The average Bonchev–Trinajstić information content (AvgIpc) is 2.11. The van der Waals surface area contributed by atoms with E-state index in [0.717, 1.165) is 6.42 Å². The molecule has 2 atom stereocenters. The largest absolute Gasteiger partial charge is 0.336 e. The predicted molar refractivity (Wildman–Crippen MR) is 74.8 cm³/mol. The molecule has 17 heavy (non-hydrogen) atoms. The van der Waals surface area contributed by atoms with Crippen LogP contribution in [0.3, 0.4) is 0 Å². The van der Waals surface area contributed by atoms with Crippen LogP contribution in [-0.4, -0.2) is 24.4 Å². The minimum Gasteiger partial charge on any atom is -0.336 e. The van der Waals surface area contributed by atoms with E-state index in [9.17, 15) is 0 Å².